The highest BCUT2D eigenvalue weighted by Gasteiger charge is 2.40. The van der Waals surface area contributed by atoms with Crippen LogP contribution in [-0.4, -0.2) is 24.1 Å². The van der Waals surface area contributed by atoms with E-state index in [1.807, 2.05) is 42.5 Å². The summed E-state index contributed by atoms with van der Waals surface area (Å²) in [6.07, 6.45) is 3.53. The largest absolute Gasteiger partial charge is 0.307 e. The van der Waals surface area contributed by atoms with Crippen LogP contribution in [0.2, 0.25) is 0 Å². The predicted molar refractivity (Wildman–Crippen MR) is 289 cm³/mol. The molecule has 72 heavy (non-hydrogen) atoms. The van der Waals surface area contributed by atoms with Gasteiger partial charge in [-0.1, -0.05) is 149 Å². The number of fused-ring (bicyclic) bond motifs is 14. The van der Waals surface area contributed by atoms with Crippen molar-refractivity contribution in [1.82, 2.24) is 24.1 Å². The Morgan fingerprint density at radius 2 is 0.889 bits per heavy atom. The van der Waals surface area contributed by atoms with E-state index in [-0.39, 0.29) is 10.8 Å². The van der Waals surface area contributed by atoms with Crippen LogP contribution in [0.15, 0.2) is 188 Å². The molecule has 7 nitrogen and oxygen atoms in total. The molecule has 0 radical (unpaired) electrons. The Balaban J connectivity index is 1.05. The van der Waals surface area contributed by atoms with Gasteiger partial charge in [0.05, 0.1) is 56.0 Å². The Labute approximate surface area is 416 Å². The van der Waals surface area contributed by atoms with E-state index >= 15 is 0 Å². The molecule has 0 bridgehead atoms. The molecular weight excluding hydrogens is 879 g/mol. The van der Waals surface area contributed by atoms with E-state index in [1.165, 1.54) is 55.3 Å². The molecule has 2 aliphatic carbocycles. The average Bonchev–Trinajstić information content (AvgIpc) is 4.09. The van der Waals surface area contributed by atoms with Gasteiger partial charge >= 0.3 is 0 Å². The lowest BCUT2D eigenvalue weighted by Crippen LogP contribution is -2.15. The number of hydrogen-bond acceptors (Lipinski definition) is 5. The molecule has 0 saturated heterocycles. The van der Waals surface area contributed by atoms with Gasteiger partial charge in [0.25, 0.3) is 0 Å². The van der Waals surface area contributed by atoms with Crippen LogP contribution in [0, 0.1) is 22.7 Å². The number of para-hydroxylation sites is 4. The average molecular weight is 922 g/mol. The zero-order valence-corrected chi connectivity index (χ0v) is 40.0. The highest BCUT2D eigenvalue weighted by molar-refractivity contribution is 6.16. The van der Waals surface area contributed by atoms with Crippen molar-refractivity contribution in [3.05, 3.63) is 222 Å². The van der Waals surface area contributed by atoms with Gasteiger partial charge in [0.1, 0.15) is 12.1 Å². The van der Waals surface area contributed by atoms with Crippen molar-refractivity contribution < 1.29 is 0 Å². The van der Waals surface area contributed by atoms with Crippen LogP contribution < -0.4 is 0 Å². The SMILES string of the molecule is CC1(C)c2ccccc2-c2ccc3c(c21)c1ccccc1n3-c1c(C#N)cccc1-c1cc(-c2cccc(C#N)c2-n2c3ccccc3c3c4c(ccc32)-c2ccccc2C4(C)C)nc(-c2cccnc2)n1. The monoisotopic (exact) mass is 921 g/mol. The fraction of sp³-hybridized carbons (Fsp3) is 0.0923. The van der Waals surface area contributed by atoms with Crippen LogP contribution in [0.25, 0.3) is 111 Å². The number of rotatable bonds is 5. The van der Waals surface area contributed by atoms with Gasteiger partial charge < -0.3 is 9.13 Å². The molecule has 0 spiro atoms. The van der Waals surface area contributed by atoms with Crippen LogP contribution in [0.5, 0.6) is 0 Å². The summed E-state index contributed by atoms with van der Waals surface area (Å²) < 4.78 is 4.53. The number of nitriles is 2. The molecule has 8 aromatic carbocycles. The van der Waals surface area contributed by atoms with Gasteiger partial charge in [0, 0.05) is 61.5 Å². The zero-order chi connectivity index (χ0) is 48.6. The first kappa shape index (κ1) is 41.5. The summed E-state index contributed by atoms with van der Waals surface area (Å²) >= 11 is 0. The van der Waals surface area contributed by atoms with Crippen molar-refractivity contribution in [3.63, 3.8) is 0 Å². The van der Waals surface area contributed by atoms with E-state index in [2.05, 4.69) is 187 Å². The Kier molecular flexibility index (Phi) is 8.67. The molecule has 0 atom stereocenters. The van der Waals surface area contributed by atoms with Crippen LogP contribution in [0.1, 0.15) is 61.1 Å². The second-order valence-electron chi connectivity index (χ2n) is 20.1. The van der Waals surface area contributed by atoms with Crippen molar-refractivity contribution in [2.45, 2.75) is 38.5 Å². The minimum Gasteiger partial charge on any atom is -0.307 e. The maximum atomic E-state index is 11.1. The number of aromatic nitrogens is 5. The van der Waals surface area contributed by atoms with Crippen molar-refractivity contribution >= 4 is 43.6 Å². The normalized spacial score (nSPS) is 13.8. The smallest absolute Gasteiger partial charge is 0.161 e. The summed E-state index contributed by atoms with van der Waals surface area (Å²) in [4.78, 5) is 15.3. The lowest BCUT2D eigenvalue weighted by molar-refractivity contribution is 0.666. The van der Waals surface area contributed by atoms with E-state index in [4.69, 9.17) is 9.97 Å². The molecule has 0 N–H and O–H groups in total. The third-order valence-electron chi connectivity index (χ3n) is 15.7. The third-order valence-corrected chi connectivity index (χ3v) is 15.7. The molecule has 4 heterocycles. The van der Waals surface area contributed by atoms with Crippen molar-refractivity contribution in [2.24, 2.45) is 0 Å². The molecule has 0 unspecified atom stereocenters. The first-order valence-electron chi connectivity index (χ1n) is 24.4. The van der Waals surface area contributed by atoms with Crippen molar-refractivity contribution in [1.29, 1.82) is 10.5 Å². The highest BCUT2D eigenvalue weighted by atomic mass is 15.0. The zero-order valence-electron chi connectivity index (χ0n) is 40.0. The van der Waals surface area contributed by atoms with Gasteiger partial charge in [-0.05, 0) is 99.1 Å². The van der Waals surface area contributed by atoms with Crippen LogP contribution in [-0.2, 0) is 10.8 Å². The third kappa shape index (κ3) is 5.56. The molecule has 0 saturated carbocycles. The van der Waals surface area contributed by atoms with Crippen molar-refractivity contribution in [3.8, 4) is 79.7 Å². The topological polar surface area (TPSA) is 96.1 Å². The Hall–Kier alpha value is -9.43. The van der Waals surface area contributed by atoms with Gasteiger partial charge in [-0.25, -0.2) is 9.97 Å². The molecule has 4 aromatic heterocycles. The lowest BCUT2D eigenvalue weighted by Gasteiger charge is -2.23. The summed E-state index contributed by atoms with van der Waals surface area (Å²) in [5, 5.41) is 26.8. The fourth-order valence-corrected chi connectivity index (χ4v) is 12.7. The first-order chi connectivity index (χ1) is 35.2. The second-order valence-corrected chi connectivity index (χ2v) is 20.1. The van der Waals surface area contributed by atoms with E-state index in [0.717, 1.165) is 60.9 Å². The minimum absolute atomic E-state index is 0.272. The molecule has 0 amide bonds. The molecule has 2 aliphatic rings. The van der Waals surface area contributed by atoms with Crippen molar-refractivity contribution in [2.75, 3.05) is 0 Å². The van der Waals surface area contributed by atoms with Crippen LogP contribution in [0.3, 0.4) is 0 Å². The molecule has 14 rings (SSSR count). The van der Waals surface area contributed by atoms with Gasteiger partial charge in [-0.2, -0.15) is 10.5 Å². The lowest BCUT2D eigenvalue weighted by atomic mass is 9.80. The number of hydrogen-bond donors (Lipinski definition) is 0. The molecule has 0 fully saturated rings. The van der Waals surface area contributed by atoms with E-state index in [0.29, 0.717) is 28.3 Å². The Morgan fingerprint density at radius 1 is 0.431 bits per heavy atom. The van der Waals surface area contributed by atoms with E-state index < -0.39 is 0 Å². The minimum atomic E-state index is -0.272. The maximum absolute atomic E-state index is 11.1. The predicted octanol–water partition coefficient (Wildman–Crippen LogP) is 15.4. The molecular formula is C65H43N7. The Morgan fingerprint density at radius 3 is 1.36 bits per heavy atom. The summed E-state index contributed by atoms with van der Waals surface area (Å²) in [5.74, 6) is 0.469. The standard InChI is InChI=1S/C65H43N7/c1-64(2)49-25-9-5-19-41(49)43-29-31-55-57(59(43)64)47-21-7-11-27-53(47)71(55)61-38(35-66)16-13-23-45(61)51-34-52(70-63(69-51)40-18-15-33-68-37-40)46-24-14-17-39(36-67)62(46)72-54-28-12-8-22-48(54)58-56(72)32-30-44-42-20-6-10-26-50(42)65(3,4)60(44)58/h5-34,37H,1-4H3. The van der Waals surface area contributed by atoms with Crippen LogP contribution >= 0.6 is 0 Å². The highest BCUT2D eigenvalue weighted by Crippen LogP contribution is 2.55. The summed E-state index contributed by atoms with van der Waals surface area (Å²) in [7, 11) is 0. The summed E-state index contributed by atoms with van der Waals surface area (Å²) in [6.45, 7) is 9.28. The number of pyridine rings is 1. The van der Waals surface area contributed by atoms with E-state index in [1.54, 1.807) is 12.4 Å². The summed E-state index contributed by atoms with van der Waals surface area (Å²) in [5.41, 5.74) is 19.6. The molecule has 0 aliphatic heterocycles. The molecule has 7 heteroatoms. The Bertz CT molecular complexity index is 4160. The number of benzene rings is 8. The number of nitrogens with zero attached hydrogens (tertiary/aromatic N) is 7. The first-order valence-corrected chi connectivity index (χ1v) is 24.4. The van der Waals surface area contributed by atoms with Gasteiger partial charge in [-0.3, -0.25) is 4.98 Å². The molecule has 338 valence electrons. The summed E-state index contributed by atoms with van der Waals surface area (Å²) in [6, 6.07) is 66.3. The quantitative estimate of drug-likeness (QED) is 0.171. The fourth-order valence-electron chi connectivity index (χ4n) is 12.7. The maximum Gasteiger partial charge on any atom is 0.161 e. The van der Waals surface area contributed by atoms with Gasteiger partial charge in [0.2, 0.25) is 0 Å². The van der Waals surface area contributed by atoms with E-state index in [9.17, 15) is 10.5 Å². The second kappa shape index (κ2) is 15.0. The van der Waals surface area contributed by atoms with Gasteiger partial charge in [-0.15, -0.1) is 0 Å². The van der Waals surface area contributed by atoms with Gasteiger partial charge in [0.15, 0.2) is 5.82 Å². The van der Waals surface area contributed by atoms with Crippen LogP contribution in [0.4, 0.5) is 0 Å². The molecule has 12 aromatic rings.